The molecule has 6 nitrogen and oxygen atoms in total. The standard InChI is InChI=1S/C16H24N4O2/c17-16(18)19-9-5-4-8-15(21)20-10-11-22-14(12-20)13-6-2-1-3-7-13/h1-3,6-7,14H,4-5,8-12H2,(H4,17,18,19). The van der Waals surface area contributed by atoms with Crippen molar-refractivity contribution in [2.45, 2.75) is 25.4 Å². The van der Waals surface area contributed by atoms with E-state index in [1.165, 1.54) is 0 Å². The Kier molecular flexibility index (Phi) is 6.21. The van der Waals surface area contributed by atoms with Crippen LogP contribution < -0.4 is 11.5 Å². The Morgan fingerprint density at radius 2 is 2.05 bits per heavy atom. The molecular weight excluding hydrogens is 280 g/mol. The Morgan fingerprint density at radius 1 is 1.27 bits per heavy atom. The highest BCUT2D eigenvalue weighted by Gasteiger charge is 2.24. The summed E-state index contributed by atoms with van der Waals surface area (Å²) in [5.41, 5.74) is 11.6. The molecule has 1 unspecified atom stereocenters. The number of carbonyl (C=O) groups excluding carboxylic acids is 1. The fraction of sp³-hybridized carbons (Fsp3) is 0.500. The number of guanidine groups is 1. The van der Waals surface area contributed by atoms with Crippen LogP contribution in [0, 0.1) is 0 Å². The Bertz CT molecular complexity index is 500. The number of rotatable bonds is 6. The van der Waals surface area contributed by atoms with Crippen molar-refractivity contribution in [1.29, 1.82) is 0 Å². The summed E-state index contributed by atoms with van der Waals surface area (Å²) in [5.74, 6) is 0.277. The van der Waals surface area contributed by atoms with E-state index in [1.807, 2.05) is 35.2 Å². The largest absolute Gasteiger partial charge is 0.370 e. The zero-order chi connectivity index (χ0) is 15.8. The van der Waals surface area contributed by atoms with Crippen molar-refractivity contribution in [1.82, 2.24) is 4.90 Å². The van der Waals surface area contributed by atoms with E-state index in [0.717, 1.165) is 18.4 Å². The van der Waals surface area contributed by atoms with Gasteiger partial charge in [0.2, 0.25) is 5.91 Å². The van der Waals surface area contributed by atoms with Crippen LogP contribution >= 0.6 is 0 Å². The second-order valence-corrected chi connectivity index (χ2v) is 5.37. The van der Waals surface area contributed by atoms with Crippen LogP contribution in [-0.2, 0) is 9.53 Å². The molecule has 0 spiro atoms. The number of unbranched alkanes of at least 4 members (excludes halogenated alkanes) is 1. The molecule has 0 aromatic heterocycles. The van der Waals surface area contributed by atoms with E-state index in [0.29, 0.717) is 32.7 Å². The molecule has 1 aliphatic rings. The molecule has 0 aliphatic carbocycles. The lowest BCUT2D eigenvalue weighted by atomic mass is 10.1. The van der Waals surface area contributed by atoms with Crippen LogP contribution in [0.2, 0.25) is 0 Å². The Balaban J connectivity index is 1.77. The second-order valence-electron chi connectivity index (χ2n) is 5.37. The number of amides is 1. The van der Waals surface area contributed by atoms with Crippen LogP contribution in [0.5, 0.6) is 0 Å². The van der Waals surface area contributed by atoms with Crippen molar-refractivity contribution in [2.24, 2.45) is 16.5 Å². The Labute approximate surface area is 131 Å². The molecule has 0 bridgehead atoms. The molecule has 1 aromatic rings. The number of benzene rings is 1. The molecular formula is C16H24N4O2. The van der Waals surface area contributed by atoms with Gasteiger partial charge in [0.05, 0.1) is 13.2 Å². The van der Waals surface area contributed by atoms with Gasteiger partial charge in [0.1, 0.15) is 6.10 Å². The molecule has 2 rings (SSSR count). The van der Waals surface area contributed by atoms with Crippen LogP contribution in [0.25, 0.3) is 0 Å². The monoisotopic (exact) mass is 304 g/mol. The number of hydrogen-bond donors (Lipinski definition) is 2. The highest BCUT2D eigenvalue weighted by molar-refractivity contribution is 5.76. The van der Waals surface area contributed by atoms with Gasteiger partial charge in [0, 0.05) is 19.5 Å². The lowest BCUT2D eigenvalue weighted by molar-refractivity contribution is -0.139. The average Bonchev–Trinajstić information content (AvgIpc) is 2.55. The van der Waals surface area contributed by atoms with Crippen molar-refractivity contribution in [3.05, 3.63) is 35.9 Å². The first-order chi connectivity index (χ1) is 10.7. The number of morpholine rings is 1. The summed E-state index contributed by atoms with van der Waals surface area (Å²) in [5, 5.41) is 0. The molecule has 1 saturated heterocycles. The third kappa shape index (κ3) is 5.04. The van der Waals surface area contributed by atoms with Crippen LogP contribution in [0.15, 0.2) is 35.3 Å². The van der Waals surface area contributed by atoms with Gasteiger partial charge in [-0.1, -0.05) is 30.3 Å². The number of hydrogen-bond acceptors (Lipinski definition) is 3. The summed E-state index contributed by atoms with van der Waals surface area (Å²) >= 11 is 0. The summed E-state index contributed by atoms with van der Waals surface area (Å²) in [6.07, 6.45) is 2.11. The highest BCUT2D eigenvalue weighted by Crippen LogP contribution is 2.22. The molecule has 1 aromatic carbocycles. The minimum atomic E-state index is -0.0273. The SMILES string of the molecule is NC(N)=NCCCCC(=O)N1CCOC(c2ccccc2)C1. The minimum absolute atomic E-state index is 0.0273. The maximum absolute atomic E-state index is 12.3. The van der Waals surface area contributed by atoms with Gasteiger partial charge in [-0.2, -0.15) is 0 Å². The lowest BCUT2D eigenvalue weighted by Gasteiger charge is -2.33. The predicted molar refractivity (Wildman–Crippen MR) is 86.2 cm³/mol. The number of nitrogens with zero attached hydrogens (tertiary/aromatic N) is 2. The van der Waals surface area contributed by atoms with E-state index < -0.39 is 0 Å². The summed E-state index contributed by atoms with van der Waals surface area (Å²) in [7, 11) is 0. The van der Waals surface area contributed by atoms with Gasteiger partial charge in [-0.15, -0.1) is 0 Å². The fourth-order valence-electron chi connectivity index (χ4n) is 2.50. The molecule has 1 atom stereocenters. The topological polar surface area (TPSA) is 93.9 Å². The van der Waals surface area contributed by atoms with Gasteiger partial charge in [0.15, 0.2) is 5.96 Å². The summed E-state index contributed by atoms with van der Waals surface area (Å²) < 4.78 is 5.77. The quantitative estimate of drug-likeness (QED) is 0.466. The van der Waals surface area contributed by atoms with Gasteiger partial charge >= 0.3 is 0 Å². The van der Waals surface area contributed by atoms with Crippen molar-refractivity contribution in [2.75, 3.05) is 26.2 Å². The van der Waals surface area contributed by atoms with E-state index in [9.17, 15) is 4.79 Å². The molecule has 1 heterocycles. The molecule has 1 amide bonds. The first-order valence-corrected chi connectivity index (χ1v) is 7.66. The number of aliphatic imine (C=N–C) groups is 1. The van der Waals surface area contributed by atoms with E-state index in [2.05, 4.69) is 4.99 Å². The molecule has 4 N–H and O–H groups in total. The van der Waals surface area contributed by atoms with Gasteiger partial charge in [-0.05, 0) is 18.4 Å². The Morgan fingerprint density at radius 3 is 2.77 bits per heavy atom. The number of nitrogens with two attached hydrogens (primary N) is 2. The normalized spacial score (nSPS) is 18.0. The van der Waals surface area contributed by atoms with Crippen molar-refractivity contribution >= 4 is 11.9 Å². The molecule has 1 fully saturated rings. The second kappa shape index (κ2) is 8.38. The van der Waals surface area contributed by atoms with Gasteiger partial charge in [-0.25, -0.2) is 0 Å². The maximum Gasteiger partial charge on any atom is 0.222 e. The van der Waals surface area contributed by atoms with E-state index in [4.69, 9.17) is 16.2 Å². The molecule has 6 heteroatoms. The van der Waals surface area contributed by atoms with E-state index in [-0.39, 0.29) is 18.0 Å². The van der Waals surface area contributed by atoms with Gasteiger partial charge < -0.3 is 21.1 Å². The van der Waals surface area contributed by atoms with Crippen LogP contribution in [-0.4, -0.2) is 43.0 Å². The molecule has 0 radical (unpaired) electrons. The van der Waals surface area contributed by atoms with Crippen LogP contribution in [0.1, 0.15) is 30.9 Å². The predicted octanol–water partition coefficient (Wildman–Crippen LogP) is 1.03. The number of carbonyl (C=O) groups is 1. The van der Waals surface area contributed by atoms with Crippen LogP contribution in [0.4, 0.5) is 0 Å². The smallest absolute Gasteiger partial charge is 0.222 e. The number of ether oxygens (including phenoxy) is 1. The van der Waals surface area contributed by atoms with E-state index >= 15 is 0 Å². The van der Waals surface area contributed by atoms with Gasteiger partial charge in [0.25, 0.3) is 0 Å². The van der Waals surface area contributed by atoms with Crippen molar-refractivity contribution in [3.8, 4) is 0 Å². The highest BCUT2D eigenvalue weighted by atomic mass is 16.5. The Hall–Kier alpha value is -2.08. The molecule has 120 valence electrons. The zero-order valence-corrected chi connectivity index (χ0v) is 12.8. The maximum atomic E-state index is 12.3. The average molecular weight is 304 g/mol. The first kappa shape index (κ1) is 16.3. The third-order valence-electron chi connectivity index (χ3n) is 3.68. The fourth-order valence-corrected chi connectivity index (χ4v) is 2.50. The van der Waals surface area contributed by atoms with Crippen LogP contribution in [0.3, 0.4) is 0 Å². The van der Waals surface area contributed by atoms with E-state index in [1.54, 1.807) is 0 Å². The molecule has 1 aliphatic heterocycles. The van der Waals surface area contributed by atoms with Crippen molar-refractivity contribution < 1.29 is 9.53 Å². The molecule has 22 heavy (non-hydrogen) atoms. The van der Waals surface area contributed by atoms with Gasteiger partial charge in [-0.3, -0.25) is 9.79 Å². The summed E-state index contributed by atoms with van der Waals surface area (Å²) in [4.78, 5) is 18.1. The van der Waals surface area contributed by atoms with Crippen molar-refractivity contribution in [3.63, 3.8) is 0 Å². The lowest BCUT2D eigenvalue weighted by Crippen LogP contribution is -2.42. The summed E-state index contributed by atoms with van der Waals surface area (Å²) in [6.45, 7) is 2.44. The first-order valence-electron chi connectivity index (χ1n) is 7.66. The summed E-state index contributed by atoms with van der Waals surface area (Å²) in [6, 6.07) is 10.0. The zero-order valence-electron chi connectivity index (χ0n) is 12.8. The molecule has 0 saturated carbocycles. The minimum Gasteiger partial charge on any atom is -0.370 e. The third-order valence-corrected chi connectivity index (χ3v) is 3.68.